The molecule has 1 heteroatoms. The zero-order valence-corrected chi connectivity index (χ0v) is 8.91. The first kappa shape index (κ1) is 10.2. The first-order chi connectivity index (χ1) is 5.86. The van der Waals surface area contributed by atoms with E-state index >= 15 is 0 Å². The Hall–Kier alpha value is 0.0900. The fourth-order valence-electron chi connectivity index (χ4n) is 1.98. The van der Waals surface area contributed by atoms with E-state index in [1.165, 1.54) is 37.9 Å². The van der Waals surface area contributed by atoms with Gasteiger partial charge in [0.2, 0.25) is 0 Å². The van der Waals surface area contributed by atoms with E-state index in [1.54, 1.807) is 0 Å². The van der Waals surface area contributed by atoms with Crippen molar-refractivity contribution in [2.75, 3.05) is 5.75 Å². The standard InChI is InChI=1S/C11H20S/c1-3-5-10-7-8-12-11(9-10)6-4-2/h4,10-11H,2-3,5-9H2,1H3. The summed E-state index contributed by atoms with van der Waals surface area (Å²) in [5.41, 5.74) is 0. The van der Waals surface area contributed by atoms with Crippen molar-refractivity contribution in [3.05, 3.63) is 12.7 Å². The molecule has 2 atom stereocenters. The van der Waals surface area contributed by atoms with Crippen LogP contribution < -0.4 is 0 Å². The van der Waals surface area contributed by atoms with E-state index < -0.39 is 0 Å². The van der Waals surface area contributed by atoms with Crippen LogP contribution in [0.1, 0.15) is 39.0 Å². The lowest BCUT2D eigenvalue weighted by molar-refractivity contribution is 0.418. The van der Waals surface area contributed by atoms with Crippen molar-refractivity contribution in [2.45, 2.75) is 44.3 Å². The largest absolute Gasteiger partial charge is 0.158 e. The maximum absolute atomic E-state index is 3.81. The molecule has 0 bridgehead atoms. The predicted octanol–water partition coefficient (Wildman–Crippen LogP) is 3.87. The molecule has 0 saturated carbocycles. The highest BCUT2D eigenvalue weighted by atomic mass is 32.2. The van der Waals surface area contributed by atoms with E-state index in [9.17, 15) is 0 Å². The molecular formula is C11H20S. The molecule has 1 heterocycles. The van der Waals surface area contributed by atoms with Gasteiger partial charge in [-0.3, -0.25) is 0 Å². The molecule has 0 aromatic heterocycles. The van der Waals surface area contributed by atoms with Crippen LogP contribution in [0.15, 0.2) is 12.7 Å². The molecule has 2 unspecified atom stereocenters. The maximum Gasteiger partial charge on any atom is 0.00840 e. The Morgan fingerprint density at radius 2 is 2.42 bits per heavy atom. The minimum atomic E-state index is 0.882. The predicted molar refractivity (Wildman–Crippen MR) is 58.7 cm³/mol. The fourth-order valence-corrected chi connectivity index (χ4v) is 3.46. The highest BCUT2D eigenvalue weighted by molar-refractivity contribution is 7.99. The second kappa shape index (κ2) is 5.69. The van der Waals surface area contributed by atoms with Crippen molar-refractivity contribution in [3.8, 4) is 0 Å². The fraction of sp³-hybridized carbons (Fsp3) is 0.818. The van der Waals surface area contributed by atoms with Gasteiger partial charge in [0.1, 0.15) is 0 Å². The lowest BCUT2D eigenvalue weighted by Gasteiger charge is -2.27. The smallest absolute Gasteiger partial charge is 0.00840 e. The summed E-state index contributed by atoms with van der Waals surface area (Å²) in [5.74, 6) is 2.39. The average Bonchev–Trinajstić information content (AvgIpc) is 2.06. The highest BCUT2D eigenvalue weighted by Crippen LogP contribution is 2.33. The molecule has 1 aliphatic heterocycles. The van der Waals surface area contributed by atoms with Gasteiger partial charge < -0.3 is 0 Å². The second-order valence-electron chi connectivity index (χ2n) is 3.70. The molecule has 0 aromatic carbocycles. The van der Waals surface area contributed by atoms with Crippen molar-refractivity contribution in [1.82, 2.24) is 0 Å². The van der Waals surface area contributed by atoms with Crippen LogP contribution in [0.25, 0.3) is 0 Å². The van der Waals surface area contributed by atoms with E-state index in [0.29, 0.717) is 0 Å². The van der Waals surface area contributed by atoms with Crippen molar-refractivity contribution in [1.29, 1.82) is 0 Å². The van der Waals surface area contributed by atoms with Gasteiger partial charge in [-0.2, -0.15) is 11.8 Å². The number of allylic oxidation sites excluding steroid dienone is 1. The molecule has 0 N–H and O–H groups in total. The van der Waals surface area contributed by atoms with E-state index in [2.05, 4.69) is 31.3 Å². The monoisotopic (exact) mass is 184 g/mol. The van der Waals surface area contributed by atoms with Crippen LogP contribution in [0.5, 0.6) is 0 Å². The molecule has 12 heavy (non-hydrogen) atoms. The van der Waals surface area contributed by atoms with Gasteiger partial charge in [0.25, 0.3) is 0 Å². The quantitative estimate of drug-likeness (QED) is 0.598. The van der Waals surface area contributed by atoms with Crippen LogP contribution in [0.3, 0.4) is 0 Å². The summed E-state index contributed by atoms with van der Waals surface area (Å²) in [5, 5.41) is 0.882. The number of rotatable bonds is 4. The van der Waals surface area contributed by atoms with Crippen LogP contribution in [-0.2, 0) is 0 Å². The average molecular weight is 184 g/mol. The first-order valence-corrected chi connectivity index (χ1v) is 6.14. The SMILES string of the molecule is C=CCC1CC(CCC)CCS1. The summed E-state index contributed by atoms with van der Waals surface area (Å²) in [6.07, 6.45) is 8.97. The Bertz CT molecular complexity index is 129. The topological polar surface area (TPSA) is 0 Å². The highest BCUT2D eigenvalue weighted by Gasteiger charge is 2.20. The van der Waals surface area contributed by atoms with Crippen molar-refractivity contribution >= 4 is 11.8 Å². The van der Waals surface area contributed by atoms with E-state index in [0.717, 1.165) is 11.2 Å². The van der Waals surface area contributed by atoms with Crippen LogP contribution in [0, 0.1) is 5.92 Å². The van der Waals surface area contributed by atoms with Crippen molar-refractivity contribution in [2.24, 2.45) is 5.92 Å². The normalized spacial score (nSPS) is 30.1. The van der Waals surface area contributed by atoms with Crippen molar-refractivity contribution < 1.29 is 0 Å². The zero-order chi connectivity index (χ0) is 8.81. The summed E-state index contributed by atoms with van der Waals surface area (Å²) in [4.78, 5) is 0. The summed E-state index contributed by atoms with van der Waals surface area (Å²) >= 11 is 2.15. The third-order valence-corrected chi connectivity index (χ3v) is 3.93. The molecule has 0 spiro atoms. The van der Waals surface area contributed by atoms with Gasteiger partial charge in [-0.15, -0.1) is 6.58 Å². The molecule has 0 amide bonds. The number of hydrogen-bond donors (Lipinski definition) is 0. The van der Waals surface area contributed by atoms with Gasteiger partial charge in [0.05, 0.1) is 0 Å². The molecular weight excluding hydrogens is 164 g/mol. The van der Waals surface area contributed by atoms with Gasteiger partial charge >= 0.3 is 0 Å². The third-order valence-electron chi connectivity index (χ3n) is 2.60. The first-order valence-electron chi connectivity index (χ1n) is 5.09. The summed E-state index contributed by atoms with van der Waals surface area (Å²) in [7, 11) is 0. The van der Waals surface area contributed by atoms with Crippen LogP contribution >= 0.6 is 11.8 Å². The molecule has 1 saturated heterocycles. The number of thioether (sulfide) groups is 1. The van der Waals surface area contributed by atoms with Gasteiger partial charge in [-0.1, -0.05) is 25.8 Å². The lowest BCUT2D eigenvalue weighted by atomic mass is 9.94. The summed E-state index contributed by atoms with van der Waals surface area (Å²) in [6.45, 7) is 6.11. The van der Waals surface area contributed by atoms with Crippen LogP contribution in [-0.4, -0.2) is 11.0 Å². The van der Waals surface area contributed by atoms with E-state index in [4.69, 9.17) is 0 Å². The Kier molecular flexibility index (Phi) is 4.82. The van der Waals surface area contributed by atoms with Gasteiger partial charge in [0, 0.05) is 5.25 Å². The van der Waals surface area contributed by atoms with Gasteiger partial charge in [-0.25, -0.2) is 0 Å². The van der Waals surface area contributed by atoms with Crippen LogP contribution in [0.4, 0.5) is 0 Å². The van der Waals surface area contributed by atoms with E-state index in [-0.39, 0.29) is 0 Å². The van der Waals surface area contributed by atoms with Gasteiger partial charge in [-0.05, 0) is 30.9 Å². The molecule has 1 rings (SSSR count). The minimum Gasteiger partial charge on any atom is -0.158 e. The third kappa shape index (κ3) is 3.22. The zero-order valence-electron chi connectivity index (χ0n) is 8.09. The minimum absolute atomic E-state index is 0.882. The molecule has 0 nitrogen and oxygen atoms in total. The molecule has 1 aliphatic rings. The molecule has 1 fully saturated rings. The van der Waals surface area contributed by atoms with Gasteiger partial charge in [0.15, 0.2) is 0 Å². The Morgan fingerprint density at radius 1 is 1.58 bits per heavy atom. The molecule has 70 valence electrons. The molecule has 0 aliphatic carbocycles. The lowest BCUT2D eigenvalue weighted by Crippen LogP contribution is -2.17. The molecule has 0 radical (unpaired) electrons. The summed E-state index contributed by atoms with van der Waals surface area (Å²) < 4.78 is 0. The van der Waals surface area contributed by atoms with Crippen molar-refractivity contribution in [3.63, 3.8) is 0 Å². The Balaban J connectivity index is 2.24. The van der Waals surface area contributed by atoms with E-state index in [1.807, 2.05) is 0 Å². The number of hydrogen-bond acceptors (Lipinski definition) is 1. The van der Waals surface area contributed by atoms with Crippen LogP contribution in [0.2, 0.25) is 0 Å². The molecule has 0 aromatic rings. The Morgan fingerprint density at radius 3 is 3.08 bits per heavy atom. The Labute approximate surface area is 80.8 Å². The summed E-state index contributed by atoms with van der Waals surface area (Å²) in [6, 6.07) is 0. The second-order valence-corrected chi connectivity index (χ2v) is 5.10. The maximum atomic E-state index is 3.81.